The average Bonchev–Trinajstić information content (AvgIpc) is 2.35. The number of hydrogen-bond donors (Lipinski definition) is 2. The summed E-state index contributed by atoms with van der Waals surface area (Å²) in [4.78, 5) is 24.1. The first-order valence-electron chi connectivity index (χ1n) is 5.99. The topological polar surface area (TPSA) is 61.4 Å². The van der Waals surface area contributed by atoms with Gasteiger partial charge in [-0.05, 0) is 26.5 Å². The zero-order valence-electron chi connectivity index (χ0n) is 11.4. The molecule has 18 heavy (non-hydrogen) atoms. The highest BCUT2D eigenvalue weighted by atomic mass is 16.2. The highest BCUT2D eigenvalue weighted by Gasteiger charge is 2.05. The molecule has 0 aliphatic carbocycles. The van der Waals surface area contributed by atoms with Crippen LogP contribution in [0.5, 0.6) is 0 Å². The van der Waals surface area contributed by atoms with Crippen molar-refractivity contribution < 1.29 is 9.59 Å². The van der Waals surface area contributed by atoms with Crippen LogP contribution in [0.4, 0.5) is 0 Å². The Balaban J connectivity index is 3.79. The molecule has 5 nitrogen and oxygen atoms in total. The number of nitrogens with one attached hydrogen (secondary N) is 2. The normalized spacial score (nSPS) is 12.4. The van der Waals surface area contributed by atoms with Gasteiger partial charge in [0.25, 0.3) is 0 Å². The number of hydrogen-bond acceptors (Lipinski definition) is 3. The number of carbonyl (C=O) groups excluding carboxylic acids is 2. The van der Waals surface area contributed by atoms with Crippen molar-refractivity contribution in [2.24, 2.45) is 0 Å². The van der Waals surface area contributed by atoms with E-state index in [1.807, 2.05) is 20.0 Å². The zero-order chi connectivity index (χ0) is 14.0. The standard InChI is InChI=1S/C13H23N3O2/c1-5-12(17)15-11(2)8-10-16(4)9-6-7-13(18)14-3/h5-7,11H,1,8-10H2,2-4H3,(H,14,18)(H,15,17)/b7-6+. The Hall–Kier alpha value is -1.62. The monoisotopic (exact) mass is 253 g/mol. The molecule has 102 valence electrons. The Bertz CT molecular complexity index is 313. The van der Waals surface area contributed by atoms with Crippen LogP contribution in [0.15, 0.2) is 24.8 Å². The minimum Gasteiger partial charge on any atom is -0.356 e. The molecule has 0 spiro atoms. The first kappa shape index (κ1) is 16.4. The molecule has 0 bridgehead atoms. The lowest BCUT2D eigenvalue weighted by atomic mass is 10.2. The van der Waals surface area contributed by atoms with Gasteiger partial charge in [-0.15, -0.1) is 0 Å². The third kappa shape index (κ3) is 8.52. The van der Waals surface area contributed by atoms with Crippen molar-refractivity contribution in [3.63, 3.8) is 0 Å². The minimum absolute atomic E-state index is 0.102. The second kappa shape index (κ2) is 9.41. The smallest absolute Gasteiger partial charge is 0.243 e. The van der Waals surface area contributed by atoms with Gasteiger partial charge in [0.1, 0.15) is 0 Å². The van der Waals surface area contributed by atoms with Gasteiger partial charge in [-0.2, -0.15) is 0 Å². The fourth-order valence-corrected chi connectivity index (χ4v) is 1.30. The van der Waals surface area contributed by atoms with E-state index in [0.717, 1.165) is 13.0 Å². The first-order valence-corrected chi connectivity index (χ1v) is 5.99. The fourth-order valence-electron chi connectivity index (χ4n) is 1.30. The molecule has 0 aromatic heterocycles. The van der Waals surface area contributed by atoms with Crippen LogP contribution in [-0.2, 0) is 9.59 Å². The quantitative estimate of drug-likeness (QED) is 0.612. The molecule has 0 saturated heterocycles. The van der Waals surface area contributed by atoms with Gasteiger partial charge in [0.15, 0.2) is 0 Å². The van der Waals surface area contributed by atoms with Gasteiger partial charge in [0.05, 0.1) is 0 Å². The Kier molecular flexibility index (Phi) is 8.57. The lowest BCUT2D eigenvalue weighted by Gasteiger charge is -2.18. The second-order valence-corrected chi connectivity index (χ2v) is 4.18. The Morgan fingerprint density at radius 1 is 1.39 bits per heavy atom. The molecule has 1 unspecified atom stereocenters. The lowest BCUT2D eigenvalue weighted by molar-refractivity contribution is -0.117. The van der Waals surface area contributed by atoms with Crippen molar-refractivity contribution in [3.8, 4) is 0 Å². The maximum Gasteiger partial charge on any atom is 0.243 e. The number of amides is 2. The third-order valence-electron chi connectivity index (χ3n) is 2.45. The van der Waals surface area contributed by atoms with Crippen LogP contribution in [0.1, 0.15) is 13.3 Å². The third-order valence-corrected chi connectivity index (χ3v) is 2.45. The molecule has 0 fully saturated rings. The van der Waals surface area contributed by atoms with E-state index in [1.54, 1.807) is 7.05 Å². The van der Waals surface area contributed by atoms with Crippen LogP contribution in [0.25, 0.3) is 0 Å². The lowest BCUT2D eigenvalue weighted by Crippen LogP contribution is -2.34. The molecule has 0 aliphatic heterocycles. The van der Waals surface area contributed by atoms with E-state index in [4.69, 9.17) is 0 Å². The molecule has 0 heterocycles. The van der Waals surface area contributed by atoms with Crippen molar-refractivity contribution in [1.29, 1.82) is 0 Å². The molecule has 2 N–H and O–H groups in total. The fraction of sp³-hybridized carbons (Fsp3) is 0.538. The molecule has 0 rings (SSSR count). The summed E-state index contributed by atoms with van der Waals surface area (Å²) in [6.45, 7) is 6.91. The molecule has 0 saturated carbocycles. The van der Waals surface area contributed by atoms with Crippen molar-refractivity contribution in [2.45, 2.75) is 19.4 Å². The van der Waals surface area contributed by atoms with Gasteiger partial charge in [-0.3, -0.25) is 9.59 Å². The highest BCUT2D eigenvalue weighted by molar-refractivity contribution is 5.87. The average molecular weight is 253 g/mol. The molecule has 0 aromatic rings. The summed E-state index contributed by atoms with van der Waals surface area (Å²) in [5.41, 5.74) is 0. The molecule has 1 atom stereocenters. The van der Waals surface area contributed by atoms with E-state index in [2.05, 4.69) is 22.1 Å². The molecule has 0 aliphatic rings. The zero-order valence-corrected chi connectivity index (χ0v) is 11.4. The van der Waals surface area contributed by atoms with Gasteiger partial charge in [0, 0.05) is 32.3 Å². The van der Waals surface area contributed by atoms with E-state index in [0.29, 0.717) is 6.54 Å². The van der Waals surface area contributed by atoms with E-state index in [1.165, 1.54) is 12.2 Å². The summed E-state index contributed by atoms with van der Waals surface area (Å²) in [7, 11) is 3.57. The van der Waals surface area contributed by atoms with Gasteiger partial charge < -0.3 is 15.5 Å². The largest absolute Gasteiger partial charge is 0.356 e. The van der Waals surface area contributed by atoms with Crippen LogP contribution in [0, 0.1) is 0 Å². The molecule has 5 heteroatoms. The van der Waals surface area contributed by atoms with Gasteiger partial charge in [-0.1, -0.05) is 12.7 Å². The summed E-state index contributed by atoms with van der Waals surface area (Å²) in [5, 5.41) is 5.32. The van der Waals surface area contributed by atoms with Crippen LogP contribution < -0.4 is 10.6 Å². The van der Waals surface area contributed by atoms with Gasteiger partial charge >= 0.3 is 0 Å². The van der Waals surface area contributed by atoms with Gasteiger partial charge in [0.2, 0.25) is 11.8 Å². The summed E-state index contributed by atoms with van der Waals surface area (Å²) in [6.07, 6.45) is 5.45. The Morgan fingerprint density at radius 2 is 2.06 bits per heavy atom. The number of rotatable bonds is 8. The Morgan fingerprint density at radius 3 is 2.61 bits per heavy atom. The summed E-state index contributed by atoms with van der Waals surface area (Å²) in [5.74, 6) is -0.250. The first-order chi connectivity index (χ1) is 8.49. The minimum atomic E-state index is -0.148. The maximum absolute atomic E-state index is 11.0. The summed E-state index contributed by atoms with van der Waals surface area (Å²) < 4.78 is 0. The SMILES string of the molecule is C=CC(=O)NC(C)CCN(C)C/C=C/C(=O)NC. The van der Waals surface area contributed by atoms with Crippen molar-refractivity contribution in [3.05, 3.63) is 24.8 Å². The summed E-state index contributed by atoms with van der Waals surface area (Å²) in [6, 6.07) is 0.112. The van der Waals surface area contributed by atoms with Crippen LogP contribution in [-0.4, -0.2) is 49.9 Å². The molecule has 0 radical (unpaired) electrons. The number of nitrogens with zero attached hydrogens (tertiary/aromatic N) is 1. The van der Waals surface area contributed by atoms with Crippen LogP contribution >= 0.6 is 0 Å². The molecule has 0 aromatic carbocycles. The predicted octanol–water partition coefficient (Wildman–Crippen LogP) is 0.301. The van der Waals surface area contributed by atoms with Gasteiger partial charge in [-0.25, -0.2) is 0 Å². The summed E-state index contributed by atoms with van der Waals surface area (Å²) >= 11 is 0. The highest BCUT2D eigenvalue weighted by Crippen LogP contribution is 1.94. The molecular formula is C13H23N3O2. The maximum atomic E-state index is 11.0. The van der Waals surface area contributed by atoms with E-state index in [-0.39, 0.29) is 17.9 Å². The number of likely N-dealkylation sites (N-methyl/N-ethyl adjacent to an activating group) is 2. The molecular weight excluding hydrogens is 230 g/mol. The predicted molar refractivity (Wildman–Crippen MR) is 73.1 cm³/mol. The number of carbonyl (C=O) groups is 2. The second-order valence-electron chi connectivity index (χ2n) is 4.18. The van der Waals surface area contributed by atoms with E-state index in [9.17, 15) is 9.59 Å². The van der Waals surface area contributed by atoms with E-state index < -0.39 is 0 Å². The van der Waals surface area contributed by atoms with Crippen molar-refractivity contribution in [1.82, 2.24) is 15.5 Å². The van der Waals surface area contributed by atoms with Crippen molar-refractivity contribution in [2.75, 3.05) is 27.2 Å². The van der Waals surface area contributed by atoms with E-state index >= 15 is 0 Å². The molecule has 2 amide bonds. The van der Waals surface area contributed by atoms with Crippen molar-refractivity contribution >= 4 is 11.8 Å². The van der Waals surface area contributed by atoms with Crippen LogP contribution in [0.2, 0.25) is 0 Å². The Labute approximate surface area is 109 Å². The van der Waals surface area contributed by atoms with Crippen LogP contribution in [0.3, 0.4) is 0 Å².